The third kappa shape index (κ3) is 3.55. The lowest BCUT2D eigenvalue weighted by Gasteiger charge is -2.36. The minimum Gasteiger partial charge on any atom is -0.391 e. The third-order valence-corrected chi connectivity index (χ3v) is 3.82. The molecule has 1 unspecified atom stereocenters. The Labute approximate surface area is 109 Å². The third-order valence-electron chi connectivity index (χ3n) is 3.82. The predicted octanol–water partition coefficient (Wildman–Crippen LogP) is 1.96. The summed E-state index contributed by atoms with van der Waals surface area (Å²) >= 11 is 0. The van der Waals surface area contributed by atoms with Crippen LogP contribution in [0.15, 0.2) is 0 Å². The molecule has 2 amide bonds. The molecule has 18 heavy (non-hydrogen) atoms. The molecule has 104 valence electrons. The minimum atomic E-state index is -0.603. The molecule has 0 aromatic carbocycles. The molecule has 0 bridgehead atoms. The Morgan fingerprint density at radius 3 is 2.00 bits per heavy atom. The van der Waals surface area contributed by atoms with Gasteiger partial charge in [-0.15, -0.1) is 0 Å². The van der Waals surface area contributed by atoms with Gasteiger partial charge in [0.05, 0.1) is 12.6 Å². The molecule has 0 aromatic rings. The number of nitrogens with zero attached hydrogens (tertiary/aromatic N) is 1. The molecular weight excluding hydrogens is 230 g/mol. The molecule has 1 fully saturated rings. The van der Waals surface area contributed by atoms with Gasteiger partial charge in [0.15, 0.2) is 0 Å². The van der Waals surface area contributed by atoms with Crippen LogP contribution in [0.1, 0.15) is 53.4 Å². The molecule has 1 atom stereocenters. The lowest BCUT2D eigenvalue weighted by atomic mass is 9.81. The largest absolute Gasteiger partial charge is 0.391 e. The van der Waals surface area contributed by atoms with Crippen LogP contribution in [0.2, 0.25) is 0 Å². The van der Waals surface area contributed by atoms with Crippen molar-refractivity contribution in [1.82, 2.24) is 4.90 Å². The van der Waals surface area contributed by atoms with Crippen LogP contribution >= 0.6 is 0 Å². The number of rotatable bonds is 5. The smallest absolute Gasteiger partial charge is 0.229 e. The van der Waals surface area contributed by atoms with Gasteiger partial charge >= 0.3 is 0 Å². The van der Waals surface area contributed by atoms with Crippen molar-refractivity contribution in [3.63, 3.8) is 0 Å². The Bertz CT molecular complexity index is 301. The Kier molecular flexibility index (Phi) is 4.91. The van der Waals surface area contributed by atoms with E-state index in [0.29, 0.717) is 12.8 Å². The number of hydrogen-bond acceptors (Lipinski definition) is 3. The summed E-state index contributed by atoms with van der Waals surface area (Å²) in [6.45, 7) is 8.04. The van der Waals surface area contributed by atoms with Gasteiger partial charge in [-0.1, -0.05) is 40.5 Å². The molecule has 4 heteroatoms. The molecule has 1 aliphatic rings. The molecule has 4 nitrogen and oxygen atoms in total. The quantitative estimate of drug-likeness (QED) is 0.764. The summed E-state index contributed by atoms with van der Waals surface area (Å²) in [4.78, 5) is 25.1. The van der Waals surface area contributed by atoms with Crippen LogP contribution in [-0.4, -0.2) is 34.5 Å². The Morgan fingerprint density at radius 1 is 1.17 bits per heavy atom. The van der Waals surface area contributed by atoms with Crippen molar-refractivity contribution < 1.29 is 14.7 Å². The van der Waals surface area contributed by atoms with Crippen LogP contribution in [-0.2, 0) is 9.59 Å². The van der Waals surface area contributed by atoms with Gasteiger partial charge in [-0.3, -0.25) is 14.5 Å². The average Bonchev–Trinajstić information content (AvgIpc) is 2.24. The van der Waals surface area contributed by atoms with Crippen molar-refractivity contribution >= 4 is 11.8 Å². The molecule has 1 saturated heterocycles. The maximum Gasteiger partial charge on any atom is 0.229 e. The van der Waals surface area contributed by atoms with E-state index < -0.39 is 6.10 Å². The lowest BCUT2D eigenvalue weighted by molar-refractivity contribution is -0.154. The van der Waals surface area contributed by atoms with Crippen molar-refractivity contribution in [3.05, 3.63) is 0 Å². The average molecular weight is 255 g/mol. The Morgan fingerprint density at radius 2 is 1.61 bits per heavy atom. The fraction of sp³-hybridized carbons (Fsp3) is 0.857. The van der Waals surface area contributed by atoms with Crippen LogP contribution in [0.4, 0.5) is 0 Å². The fourth-order valence-corrected chi connectivity index (χ4v) is 2.58. The summed E-state index contributed by atoms with van der Waals surface area (Å²) in [6.07, 6.45) is 1.88. The van der Waals surface area contributed by atoms with E-state index in [1.165, 1.54) is 4.90 Å². The molecule has 1 heterocycles. The monoisotopic (exact) mass is 255 g/mol. The number of aliphatic hydroxyl groups excluding tert-OH is 1. The summed E-state index contributed by atoms with van der Waals surface area (Å²) in [7, 11) is 0. The zero-order chi connectivity index (χ0) is 13.9. The van der Waals surface area contributed by atoms with E-state index in [2.05, 4.69) is 0 Å². The second-order valence-electron chi connectivity index (χ2n) is 6.06. The maximum absolute atomic E-state index is 11.9. The van der Waals surface area contributed by atoms with E-state index >= 15 is 0 Å². The summed E-state index contributed by atoms with van der Waals surface area (Å²) in [6, 6.07) is 0. The first-order valence-corrected chi connectivity index (χ1v) is 6.82. The molecule has 0 radical (unpaired) electrons. The predicted molar refractivity (Wildman–Crippen MR) is 69.8 cm³/mol. The number of aliphatic hydroxyl groups is 1. The van der Waals surface area contributed by atoms with Gasteiger partial charge < -0.3 is 5.11 Å². The number of amides is 2. The standard InChI is InChI=1S/C14H25NO3/c1-5-10(6-2)11(16)9-15-12(17)7-14(3,4)8-13(15)18/h10-11,16H,5-9H2,1-4H3. The first-order valence-electron chi connectivity index (χ1n) is 6.82. The minimum absolute atomic E-state index is 0.152. The summed E-state index contributed by atoms with van der Waals surface area (Å²) in [5.74, 6) is -0.150. The molecule has 0 aliphatic carbocycles. The normalized spacial score (nSPS) is 21.6. The SMILES string of the molecule is CCC(CC)C(O)CN1C(=O)CC(C)(C)CC1=O. The second kappa shape index (κ2) is 5.83. The summed E-state index contributed by atoms with van der Waals surface area (Å²) in [5, 5.41) is 10.1. The van der Waals surface area contributed by atoms with Gasteiger partial charge in [0.25, 0.3) is 0 Å². The van der Waals surface area contributed by atoms with E-state index in [4.69, 9.17) is 0 Å². The van der Waals surface area contributed by atoms with E-state index in [1.54, 1.807) is 0 Å². The summed E-state index contributed by atoms with van der Waals surface area (Å²) < 4.78 is 0. The highest BCUT2D eigenvalue weighted by Crippen LogP contribution is 2.31. The van der Waals surface area contributed by atoms with E-state index in [1.807, 2.05) is 27.7 Å². The van der Waals surface area contributed by atoms with Crippen LogP contribution in [0.3, 0.4) is 0 Å². The number of imide groups is 1. The van der Waals surface area contributed by atoms with Gasteiger partial charge in [0.2, 0.25) is 11.8 Å². The van der Waals surface area contributed by atoms with Crippen molar-refractivity contribution in [2.75, 3.05) is 6.54 Å². The molecule has 1 N–H and O–H groups in total. The zero-order valence-electron chi connectivity index (χ0n) is 11.9. The van der Waals surface area contributed by atoms with Crippen molar-refractivity contribution in [2.24, 2.45) is 11.3 Å². The van der Waals surface area contributed by atoms with Gasteiger partial charge in [0, 0.05) is 12.8 Å². The second-order valence-corrected chi connectivity index (χ2v) is 6.06. The van der Waals surface area contributed by atoms with Gasteiger partial charge in [-0.05, 0) is 11.3 Å². The lowest BCUT2D eigenvalue weighted by Crippen LogP contribution is -2.50. The van der Waals surface area contributed by atoms with Crippen LogP contribution in [0.5, 0.6) is 0 Å². The number of hydrogen-bond donors (Lipinski definition) is 1. The van der Waals surface area contributed by atoms with E-state index in [-0.39, 0.29) is 29.7 Å². The van der Waals surface area contributed by atoms with Gasteiger partial charge in [-0.25, -0.2) is 0 Å². The molecular formula is C14H25NO3. The molecule has 0 spiro atoms. The van der Waals surface area contributed by atoms with Crippen LogP contribution in [0.25, 0.3) is 0 Å². The number of carbonyl (C=O) groups excluding carboxylic acids is 2. The van der Waals surface area contributed by atoms with Gasteiger partial charge in [0.1, 0.15) is 0 Å². The maximum atomic E-state index is 11.9. The fourth-order valence-electron chi connectivity index (χ4n) is 2.58. The molecule has 1 rings (SSSR count). The first kappa shape index (κ1) is 15.2. The number of β-amino-alcohol motifs (C(OH)–C–C–N with tert-alkyl or cyclic N) is 1. The van der Waals surface area contributed by atoms with Gasteiger partial charge in [-0.2, -0.15) is 0 Å². The van der Waals surface area contributed by atoms with Crippen LogP contribution in [0, 0.1) is 11.3 Å². The van der Waals surface area contributed by atoms with Crippen LogP contribution < -0.4 is 0 Å². The summed E-state index contributed by atoms with van der Waals surface area (Å²) in [5.41, 5.74) is -0.246. The van der Waals surface area contributed by atoms with Crippen molar-refractivity contribution in [1.29, 1.82) is 0 Å². The number of piperidine rings is 1. The molecule has 0 saturated carbocycles. The number of carbonyl (C=O) groups is 2. The van der Waals surface area contributed by atoms with E-state index in [0.717, 1.165) is 12.8 Å². The zero-order valence-corrected chi connectivity index (χ0v) is 11.9. The van der Waals surface area contributed by atoms with Crippen molar-refractivity contribution in [2.45, 2.75) is 59.5 Å². The first-order chi connectivity index (χ1) is 8.30. The molecule has 1 aliphatic heterocycles. The number of likely N-dealkylation sites (tertiary alicyclic amines) is 1. The van der Waals surface area contributed by atoms with E-state index in [9.17, 15) is 14.7 Å². The van der Waals surface area contributed by atoms with Crippen molar-refractivity contribution in [3.8, 4) is 0 Å². The Hall–Kier alpha value is -0.900. The highest BCUT2D eigenvalue weighted by molar-refractivity contribution is 5.98. The topological polar surface area (TPSA) is 57.6 Å². The highest BCUT2D eigenvalue weighted by Gasteiger charge is 2.38. The molecule has 0 aromatic heterocycles. The highest BCUT2D eigenvalue weighted by atomic mass is 16.3. The Balaban J connectivity index is 2.67.